The van der Waals surface area contributed by atoms with Crippen molar-refractivity contribution < 1.29 is 13.2 Å². The maximum Gasteiger partial charge on any atom is 0.254 e. The number of nitrogens with zero attached hydrogens (tertiary/aromatic N) is 4. The van der Waals surface area contributed by atoms with Crippen LogP contribution in [-0.2, 0) is 10.0 Å². The van der Waals surface area contributed by atoms with Crippen molar-refractivity contribution in [2.24, 2.45) is 0 Å². The summed E-state index contributed by atoms with van der Waals surface area (Å²) in [6.45, 7) is 8.77. The van der Waals surface area contributed by atoms with Gasteiger partial charge in [0.25, 0.3) is 5.91 Å². The Kier molecular flexibility index (Phi) is 6.67. The molecule has 1 aliphatic heterocycles. The lowest BCUT2D eigenvalue weighted by Crippen LogP contribution is -2.50. The third-order valence-corrected chi connectivity index (χ3v) is 8.53. The molecule has 2 aromatic carbocycles. The molecule has 0 radical (unpaired) electrons. The highest BCUT2D eigenvalue weighted by molar-refractivity contribution is 7.89. The number of sulfonamides is 1. The van der Waals surface area contributed by atoms with Crippen molar-refractivity contribution in [3.8, 4) is 0 Å². The molecule has 0 spiro atoms. The lowest BCUT2D eigenvalue weighted by Gasteiger charge is -2.35. The Hall–Kier alpha value is -3.30. The van der Waals surface area contributed by atoms with Crippen LogP contribution in [0.3, 0.4) is 0 Å². The van der Waals surface area contributed by atoms with Crippen LogP contribution >= 0.6 is 0 Å². The Morgan fingerprint density at radius 2 is 1.50 bits per heavy atom. The van der Waals surface area contributed by atoms with Crippen molar-refractivity contribution >= 4 is 27.6 Å². The quantitative estimate of drug-likeness (QED) is 0.601. The molecule has 2 heterocycles. The summed E-state index contributed by atoms with van der Waals surface area (Å²) in [6, 6.07) is 10.9. The van der Waals surface area contributed by atoms with Gasteiger partial charge in [-0.05, 0) is 74.2 Å². The highest BCUT2D eigenvalue weighted by atomic mass is 32.2. The van der Waals surface area contributed by atoms with Gasteiger partial charge in [-0.2, -0.15) is 4.31 Å². The van der Waals surface area contributed by atoms with Gasteiger partial charge in [-0.25, -0.2) is 18.4 Å². The average molecular weight is 480 g/mol. The number of aryl methyl sites for hydroxylation is 2. The van der Waals surface area contributed by atoms with Crippen LogP contribution in [0.4, 0.5) is 11.6 Å². The highest BCUT2D eigenvalue weighted by Crippen LogP contribution is 2.29. The van der Waals surface area contributed by atoms with Crippen LogP contribution in [0.15, 0.2) is 53.7 Å². The fourth-order valence-corrected chi connectivity index (χ4v) is 6.23. The molecule has 1 N–H and O–H groups in total. The van der Waals surface area contributed by atoms with Gasteiger partial charge in [0.2, 0.25) is 16.0 Å². The van der Waals surface area contributed by atoms with Crippen molar-refractivity contribution in [3.05, 3.63) is 76.6 Å². The average Bonchev–Trinajstić information content (AvgIpc) is 2.83. The molecule has 1 amide bonds. The maximum atomic E-state index is 13.5. The minimum absolute atomic E-state index is 0.131. The van der Waals surface area contributed by atoms with Gasteiger partial charge in [0.15, 0.2) is 0 Å². The van der Waals surface area contributed by atoms with E-state index in [4.69, 9.17) is 0 Å². The zero-order valence-corrected chi connectivity index (χ0v) is 20.7. The second-order valence-electron chi connectivity index (χ2n) is 8.56. The first-order valence-electron chi connectivity index (χ1n) is 11.2. The van der Waals surface area contributed by atoms with E-state index in [1.165, 1.54) is 4.31 Å². The number of aromatic nitrogens is 2. The van der Waals surface area contributed by atoms with Crippen molar-refractivity contribution in [3.63, 3.8) is 0 Å². The number of amides is 1. The monoisotopic (exact) mass is 479 g/mol. The summed E-state index contributed by atoms with van der Waals surface area (Å²) in [7, 11) is -3.65. The molecule has 0 atom stereocenters. The van der Waals surface area contributed by atoms with Crippen molar-refractivity contribution in [1.29, 1.82) is 0 Å². The molecule has 4 rings (SSSR count). The molecule has 8 nitrogen and oxygen atoms in total. The van der Waals surface area contributed by atoms with E-state index in [1.54, 1.807) is 41.6 Å². The molecule has 0 aliphatic carbocycles. The summed E-state index contributed by atoms with van der Waals surface area (Å²) >= 11 is 0. The first kappa shape index (κ1) is 23.8. The molecular formula is C25H29N5O3S. The first-order chi connectivity index (χ1) is 16.2. The van der Waals surface area contributed by atoms with Gasteiger partial charge in [-0.3, -0.25) is 4.79 Å². The molecular weight excluding hydrogens is 450 g/mol. The fraction of sp³-hybridized carbons (Fsp3) is 0.320. The first-order valence-corrected chi connectivity index (χ1v) is 12.6. The molecule has 1 fully saturated rings. The number of anilines is 2. The summed E-state index contributed by atoms with van der Waals surface area (Å²) in [5.41, 5.74) is 4.73. The van der Waals surface area contributed by atoms with Crippen molar-refractivity contribution in [1.82, 2.24) is 19.2 Å². The van der Waals surface area contributed by atoms with E-state index >= 15 is 0 Å². The summed E-state index contributed by atoms with van der Waals surface area (Å²) < 4.78 is 28.5. The number of rotatable bonds is 5. The number of piperazine rings is 1. The van der Waals surface area contributed by atoms with Gasteiger partial charge < -0.3 is 10.2 Å². The van der Waals surface area contributed by atoms with Gasteiger partial charge in [0.05, 0.1) is 4.90 Å². The molecule has 1 aliphatic rings. The lowest BCUT2D eigenvalue weighted by molar-refractivity contribution is 0.0698. The Bertz CT molecular complexity index is 1290. The van der Waals surface area contributed by atoms with Gasteiger partial charge in [0, 0.05) is 49.8 Å². The van der Waals surface area contributed by atoms with E-state index in [1.807, 2.05) is 39.8 Å². The summed E-state index contributed by atoms with van der Waals surface area (Å²) in [6.07, 6.45) is 3.28. The topological polar surface area (TPSA) is 95.5 Å². The van der Waals surface area contributed by atoms with Gasteiger partial charge in [-0.1, -0.05) is 12.1 Å². The van der Waals surface area contributed by atoms with Gasteiger partial charge >= 0.3 is 0 Å². The van der Waals surface area contributed by atoms with Crippen LogP contribution in [0, 0.1) is 27.7 Å². The predicted molar refractivity (Wildman–Crippen MR) is 132 cm³/mol. The molecule has 3 aromatic rings. The van der Waals surface area contributed by atoms with Crippen LogP contribution in [0.1, 0.15) is 32.6 Å². The number of nitrogens with one attached hydrogen (secondary N) is 1. The van der Waals surface area contributed by atoms with E-state index < -0.39 is 10.0 Å². The zero-order valence-electron chi connectivity index (χ0n) is 19.9. The largest absolute Gasteiger partial charge is 0.336 e. The number of hydrogen-bond donors (Lipinski definition) is 1. The van der Waals surface area contributed by atoms with Crippen LogP contribution in [0.25, 0.3) is 0 Å². The summed E-state index contributed by atoms with van der Waals surface area (Å²) in [4.78, 5) is 23.5. The minimum Gasteiger partial charge on any atom is -0.336 e. The number of carbonyl (C=O) groups is 1. The number of hydrogen-bond acceptors (Lipinski definition) is 6. The predicted octanol–water partition coefficient (Wildman–Crippen LogP) is 3.60. The van der Waals surface area contributed by atoms with Crippen LogP contribution < -0.4 is 5.32 Å². The Balaban J connectivity index is 1.47. The fourth-order valence-electron chi connectivity index (χ4n) is 4.23. The van der Waals surface area contributed by atoms with E-state index in [9.17, 15) is 13.2 Å². The third-order valence-electron chi connectivity index (χ3n) is 6.35. The summed E-state index contributed by atoms with van der Waals surface area (Å²) in [5.74, 6) is 0.316. The number of benzene rings is 2. The maximum absolute atomic E-state index is 13.5. The highest BCUT2D eigenvalue weighted by Gasteiger charge is 2.33. The molecule has 34 heavy (non-hydrogen) atoms. The molecule has 0 saturated carbocycles. The van der Waals surface area contributed by atoms with E-state index in [2.05, 4.69) is 15.3 Å². The molecule has 0 bridgehead atoms. The normalized spacial score (nSPS) is 14.8. The molecule has 178 valence electrons. The van der Waals surface area contributed by atoms with Crippen LogP contribution in [0.5, 0.6) is 0 Å². The zero-order chi connectivity index (χ0) is 24.5. The van der Waals surface area contributed by atoms with Crippen LogP contribution in [-0.4, -0.2) is 59.7 Å². The van der Waals surface area contributed by atoms with Gasteiger partial charge in [-0.15, -0.1) is 0 Å². The Morgan fingerprint density at radius 1 is 0.882 bits per heavy atom. The molecule has 1 saturated heterocycles. The third kappa shape index (κ3) is 4.67. The molecule has 1 aromatic heterocycles. The molecule has 0 unspecified atom stereocenters. The standard InChI is InChI=1S/C25H29N5O3S/c1-17-15-18(2)20(4)23(19(17)3)34(32,33)30-13-11-29(12-14-30)24(31)21-7-5-8-22(16-21)28-25-26-9-6-10-27-25/h5-10,15-16H,11-14H2,1-4H3,(H,26,27,28). The lowest BCUT2D eigenvalue weighted by atomic mass is 10.0. The smallest absolute Gasteiger partial charge is 0.254 e. The molecule has 9 heteroatoms. The van der Waals surface area contributed by atoms with Crippen LogP contribution in [0.2, 0.25) is 0 Å². The van der Waals surface area contributed by atoms with E-state index in [0.717, 1.165) is 22.3 Å². The number of carbonyl (C=O) groups excluding carboxylic acids is 1. The van der Waals surface area contributed by atoms with E-state index in [-0.39, 0.29) is 19.0 Å². The van der Waals surface area contributed by atoms with E-state index in [0.29, 0.717) is 35.2 Å². The van der Waals surface area contributed by atoms with Crippen molar-refractivity contribution in [2.75, 3.05) is 31.5 Å². The second-order valence-corrected chi connectivity index (χ2v) is 10.4. The second kappa shape index (κ2) is 9.52. The SMILES string of the molecule is Cc1cc(C)c(C)c(S(=O)(=O)N2CCN(C(=O)c3cccc(Nc4ncccn4)c3)CC2)c1C. The Morgan fingerprint density at radius 3 is 2.12 bits per heavy atom. The van der Waals surface area contributed by atoms with Crippen molar-refractivity contribution in [2.45, 2.75) is 32.6 Å². The minimum atomic E-state index is -3.65. The van der Waals surface area contributed by atoms with Gasteiger partial charge in [0.1, 0.15) is 0 Å². The Labute approximate surface area is 200 Å². The summed E-state index contributed by atoms with van der Waals surface area (Å²) in [5, 5.41) is 3.09.